The fourth-order valence-electron chi connectivity index (χ4n) is 3.98. The van der Waals surface area contributed by atoms with Gasteiger partial charge in [-0.15, -0.1) is 0 Å². The Morgan fingerprint density at radius 2 is 1.52 bits per heavy atom. The Bertz CT molecular complexity index is 1010. The molecule has 1 amide bonds. The highest BCUT2D eigenvalue weighted by Crippen LogP contribution is 2.32. The molecule has 1 atom stereocenters. The predicted molar refractivity (Wildman–Crippen MR) is 132 cm³/mol. The van der Waals surface area contributed by atoms with Crippen LogP contribution < -0.4 is 10.0 Å². The molecule has 2 aromatic rings. The maximum absolute atomic E-state index is 13.5. The lowest BCUT2D eigenvalue weighted by atomic mass is 9.92. The highest BCUT2D eigenvalue weighted by Gasteiger charge is 2.31. The van der Waals surface area contributed by atoms with E-state index in [1.807, 2.05) is 48.5 Å². The quantitative estimate of drug-likeness (QED) is 0.582. The Morgan fingerprint density at radius 3 is 2.06 bits per heavy atom. The summed E-state index contributed by atoms with van der Waals surface area (Å²) in [6, 6.07) is 14.5. The summed E-state index contributed by atoms with van der Waals surface area (Å²) in [4.78, 5) is 13.5. The van der Waals surface area contributed by atoms with Gasteiger partial charge in [0, 0.05) is 18.8 Å². The molecular formula is C25H35N3O4S. The summed E-state index contributed by atoms with van der Waals surface area (Å²) >= 11 is 0. The third-order valence-corrected chi connectivity index (χ3v) is 7.45. The van der Waals surface area contributed by atoms with Crippen molar-refractivity contribution in [1.29, 1.82) is 0 Å². The van der Waals surface area contributed by atoms with Gasteiger partial charge in [-0.2, -0.15) is 17.4 Å². The van der Waals surface area contributed by atoms with Crippen molar-refractivity contribution in [3.8, 4) is 0 Å². The first-order valence-corrected chi connectivity index (χ1v) is 13.0. The Morgan fingerprint density at radius 1 is 0.939 bits per heavy atom. The summed E-state index contributed by atoms with van der Waals surface area (Å²) in [7, 11) is -3.85. The maximum atomic E-state index is 13.5. The summed E-state index contributed by atoms with van der Waals surface area (Å²) < 4.78 is 35.4. The van der Waals surface area contributed by atoms with Gasteiger partial charge < -0.3 is 10.1 Å². The van der Waals surface area contributed by atoms with E-state index in [0.717, 1.165) is 22.4 Å². The fourth-order valence-corrected chi connectivity index (χ4v) is 5.31. The molecule has 3 rings (SSSR count). The van der Waals surface area contributed by atoms with Gasteiger partial charge in [0.05, 0.1) is 13.2 Å². The lowest BCUT2D eigenvalue weighted by Gasteiger charge is -2.29. The topological polar surface area (TPSA) is 87.7 Å². The molecule has 1 saturated heterocycles. The Hall–Kier alpha value is -2.26. The van der Waals surface area contributed by atoms with Crippen LogP contribution in [0.2, 0.25) is 0 Å². The number of nitrogens with one attached hydrogen (secondary N) is 2. The molecule has 33 heavy (non-hydrogen) atoms. The molecular weight excluding hydrogens is 438 g/mol. The van der Waals surface area contributed by atoms with Gasteiger partial charge in [-0.1, -0.05) is 76.2 Å². The maximum Gasteiger partial charge on any atom is 0.280 e. The molecule has 0 aromatic heterocycles. The lowest BCUT2D eigenvalue weighted by molar-refractivity contribution is -0.117. The van der Waals surface area contributed by atoms with E-state index >= 15 is 0 Å². The number of hydrogen-bond donors (Lipinski definition) is 2. The Balaban J connectivity index is 1.91. The fraction of sp³-hybridized carbons (Fsp3) is 0.480. The minimum absolute atomic E-state index is 0.205. The minimum Gasteiger partial charge on any atom is -0.379 e. The van der Waals surface area contributed by atoms with Crippen molar-refractivity contribution >= 4 is 21.8 Å². The van der Waals surface area contributed by atoms with E-state index in [9.17, 15) is 13.2 Å². The monoisotopic (exact) mass is 473 g/mol. The van der Waals surface area contributed by atoms with Gasteiger partial charge >= 0.3 is 0 Å². The van der Waals surface area contributed by atoms with Crippen LogP contribution in [0.4, 0.5) is 5.69 Å². The van der Waals surface area contributed by atoms with Gasteiger partial charge in [0.25, 0.3) is 10.2 Å². The van der Waals surface area contributed by atoms with Gasteiger partial charge in [0.2, 0.25) is 5.91 Å². The Labute approximate surface area is 197 Å². The van der Waals surface area contributed by atoms with Gasteiger partial charge in [-0.05, 0) is 34.9 Å². The van der Waals surface area contributed by atoms with Gasteiger partial charge in [-0.25, -0.2) is 0 Å². The molecule has 1 aliphatic heterocycles. The van der Waals surface area contributed by atoms with E-state index in [0.29, 0.717) is 13.2 Å². The van der Waals surface area contributed by atoms with E-state index in [1.54, 1.807) is 0 Å². The number of benzene rings is 2. The van der Waals surface area contributed by atoms with E-state index in [2.05, 4.69) is 37.7 Å². The zero-order chi connectivity index (χ0) is 24.0. The molecule has 0 radical (unpaired) electrons. The zero-order valence-electron chi connectivity index (χ0n) is 19.9. The number of amides is 1. The number of hydrogen-bond acceptors (Lipinski definition) is 4. The third kappa shape index (κ3) is 6.63. The molecule has 0 spiro atoms. The summed E-state index contributed by atoms with van der Waals surface area (Å²) in [6.45, 7) is 9.54. The van der Waals surface area contributed by atoms with E-state index < -0.39 is 16.3 Å². The Kier molecular flexibility index (Phi) is 8.64. The SMILES string of the molecule is CC(C)c1cccc(C(C)C)c1NC(=O)C(Cc1ccccc1)NS(=O)(=O)N1CCOCC1. The predicted octanol–water partition coefficient (Wildman–Crippen LogP) is 3.65. The molecule has 7 nitrogen and oxygen atoms in total. The van der Waals surface area contributed by atoms with Crippen molar-refractivity contribution in [3.05, 3.63) is 65.2 Å². The number of anilines is 1. The van der Waals surface area contributed by atoms with E-state index in [4.69, 9.17) is 4.74 Å². The largest absolute Gasteiger partial charge is 0.379 e. The van der Waals surface area contributed by atoms with Crippen LogP contribution in [0.3, 0.4) is 0 Å². The molecule has 1 unspecified atom stereocenters. The van der Waals surface area contributed by atoms with Crippen molar-refractivity contribution in [2.75, 3.05) is 31.6 Å². The molecule has 2 aromatic carbocycles. The summed E-state index contributed by atoms with van der Waals surface area (Å²) in [5.74, 6) is 0.0407. The molecule has 0 aliphatic carbocycles. The second kappa shape index (κ2) is 11.2. The van der Waals surface area contributed by atoms with Crippen molar-refractivity contribution in [3.63, 3.8) is 0 Å². The highest BCUT2D eigenvalue weighted by atomic mass is 32.2. The van der Waals surface area contributed by atoms with Crippen LogP contribution in [0, 0.1) is 0 Å². The molecule has 180 valence electrons. The number of para-hydroxylation sites is 1. The lowest BCUT2D eigenvalue weighted by Crippen LogP contribution is -2.53. The molecule has 2 N–H and O–H groups in total. The van der Waals surface area contributed by atoms with Crippen molar-refractivity contribution in [1.82, 2.24) is 9.03 Å². The molecule has 1 fully saturated rings. The average molecular weight is 474 g/mol. The second-order valence-electron chi connectivity index (χ2n) is 8.99. The van der Waals surface area contributed by atoms with Crippen molar-refractivity contribution in [2.45, 2.75) is 52.0 Å². The third-order valence-electron chi connectivity index (χ3n) is 5.82. The van der Waals surface area contributed by atoms with E-state index in [-0.39, 0.29) is 37.3 Å². The van der Waals surface area contributed by atoms with Crippen molar-refractivity contribution < 1.29 is 17.9 Å². The first-order valence-electron chi connectivity index (χ1n) is 11.5. The van der Waals surface area contributed by atoms with Crippen LogP contribution in [0.1, 0.15) is 56.2 Å². The zero-order valence-corrected chi connectivity index (χ0v) is 20.7. The van der Waals surface area contributed by atoms with Crippen LogP contribution >= 0.6 is 0 Å². The van der Waals surface area contributed by atoms with Gasteiger partial charge in [-0.3, -0.25) is 4.79 Å². The van der Waals surface area contributed by atoms with Crippen molar-refractivity contribution in [2.24, 2.45) is 0 Å². The standard InChI is InChI=1S/C25H35N3O4S/c1-18(2)21-11-8-12-22(19(3)4)24(21)26-25(29)23(17-20-9-6-5-7-10-20)27-33(30,31)28-13-15-32-16-14-28/h5-12,18-19,23,27H,13-17H2,1-4H3,(H,26,29). The molecule has 8 heteroatoms. The minimum atomic E-state index is -3.85. The number of nitrogens with zero attached hydrogens (tertiary/aromatic N) is 1. The highest BCUT2D eigenvalue weighted by molar-refractivity contribution is 7.87. The number of morpholine rings is 1. The van der Waals surface area contributed by atoms with Crippen LogP contribution in [0.25, 0.3) is 0 Å². The van der Waals surface area contributed by atoms with Gasteiger partial charge in [0.15, 0.2) is 0 Å². The molecule has 0 bridgehead atoms. The number of ether oxygens (including phenoxy) is 1. The normalized spacial score (nSPS) is 16.2. The smallest absolute Gasteiger partial charge is 0.280 e. The number of rotatable bonds is 9. The number of carbonyl (C=O) groups excluding carboxylic acids is 1. The summed E-state index contributed by atoms with van der Waals surface area (Å²) in [5.41, 5.74) is 3.72. The number of carbonyl (C=O) groups is 1. The molecule has 1 aliphatic rings. The van der Waals surface area contributed by atoms with E-state index in [1.165, 1.54) is 4.31 Å². The van der Waals surface area contributed by atoms with Crippen LogP contribution in [-0.2, 0) is 26.2 Å². The first kappa shape index (κ1) is 25.4. The summed E-state index contributed by atoms with van der Waals surface area (Å²) in [6.07, 6.45) is 0.247. The molecule has 1 heterocycles. The molecule has 0 saturated carbocycles. The van der Waals surface area contributed by atoms with Gasteiger partial charge in [0.1, 0.15) is 6.04 Å². The average Bonchev–Trinajstić information content (AvgIpc) is 2.79. The van der Waals surface area contributed by atoms with Crippen LogP contribution in [0.5, 0.6) is 0 Å². The van der Waals surface area contributed by atoms with Crippen LogP contribution in [-0.4, -0.2) is 51.0 Å². The van der Waals surface area contributed by atoms with Crippen LogP contribution in [0.15, 0.2) is 48.5 Å². The summed E-state index contributed by atoms with van der Waals surface area (Å²) in [5, 5.41) is 3.08. The second-order valence-corrected chi connectivity index (χ2v) is 10.7. The first-order chi connectivity index (χ1) is 15.7.